The minimum atomic E-state index is 0.768. The first kappa shape index (κ1) is 13.3. The smallest absolute Gasteiger partial charge is 0.482 e. The van der Waals surface area contributed by atoms with Crippen molar-refractivity contribution in [2.24, 2.45) is 0 Å². The van der Waals surface area contributed by atoms with Crippen molar-refractivity contribution in [3.05, 3.63) is 72.9 Å². The topological polar surface area (TPSA) is 22.1 Å². The highest BCUT2D eigenvalue weighted by molar-refractivity contribution is 6.07. The van der Waals surface area contributed by atoms with Crippen LogP contribution in [-0.2, 0) is 0 Å². The predicted molar refractivity (Wildman–Crippen MR) is 91.1 cm³/mol. The molecule has 0 fully saturated rings. The zero-order chi connectivity index (χ0) is 14.9. The number of nitrogens with zero attached hydrogens (tertiary/aromatic N) is 1. The quantitative estimate of drug-likeness (QED) is 0.508. The Morgan fingerprint density at radius 2 is 1.50 bits per heavy atom. The van der Waals surface area contributed by atoms with E-state index < -0.39 is 0 Å². The molecule has 0 unspecified atom stereocenters. The molecule has 4 rings (SSSR count). The highest BCUT2D eigenvalue weighted by Gasteiger charge is 2.10. The molecule has 0 aliphatic rings. The highest BCUT2D eigenvalue weighted by atomic mass is 27.1. The maximum absolute atomic E-state index is 5.36. The molecule has 0 N–H and O–H groups in total. The Bertz CT molecular complexity index is 976. The number of rotatable bonds is 2. The lowest BCUT2D eigenvalue weighted by Gasteiger charge is -2.13. The third kappa shape index (κ3) is 2.07. The van der Waals surface area contributed by atoms with Crippen LogP contribution in [0.15, 0.2) is 72.9 Å². The first-order valence-electron chi connectivity index (χ1n) is 7.11. The zero-order valence-electron chi connectivity index (χ0n) is 11.9. The van der Waals surface area contributed by atoms with Gasteiger partial charge in [-0.25, -0.2) is 0 Å². The molecular weight excluding hydrogens is 285 g/mol. The summed E-state index contributed by atoms with van der Waals surface area (Å²) in [4.78, 5) is 4.48. The fourth-order valence-electron chi connectivity index (χ4n) is 2.94. The van der Waals surface area contributed by atoms with E-state index in [-0.39, 0.29) is 0 Å². The van der Waals surface area contributed by atoms with Gasteiger partial charge in [0, 0.05) is 11.6 Å². The molecule has 0 aliphatic carbocycles. The largest absolute Gasteiger partial charge is 0.652 e. The molecule has 102 valence electrons. The van der Waals surface area contributed by atoms with Crippen LogP contribution in [0.25, 0.3) is 32.8 Å². The van der Waals surface area contributed by atoms with E-state index in [4.69, 9.17) is 3.79 Å². The van der Waals surface area contributed by atoms with Crippen LogP contribution < -0.4 is 3.79 Å². The number of benzene rings is 3. The fraction of sp³-hybridized carbons (Fsp3) is 0. The van der Waals surface area contributed by atoms with Crippen molar-refractivity contribution in [2.75, 3.05) is 0 Å². The number of fused-ring (bicyclic) bond motifs is 2. The monoisotopic (exact) mass is 297 g/mol. The van der Waals surface area contributed by atoms with Crippen molar-refractivity contribution in [2.45, 2.75) is 0 Å². The second-order valence-corrected chi connectivity index (χ2v) is 5.39. The van der Waals surface area contributed by atoms with Gasteiger partial charge in [0.15, 0.2) is 0 Å². The van der Waals surface area contributed by atoms with Crippen LogP contribution in [0.5, 0.6) is 5.75 Å². The van der Waals surface area contributed by atoms with Gasteiger partial charge >= 0.3 is 16.6 Å². The predicted octanol–water partition coefficient (Wildman–Crippen LogP) is 4.52. The summed E-state index contributed by atoms with van der Waals surface area (Å²) in [5.74, 6) is 0.768. The summed E-state index contributed by atoms with van der Waals surface area (Å²) in [6.07, 6.45) is 1.79. The van der Waals surface area contributed by atoms with Crippen molar-refractivity contribution in [1.82, 2.24) is 4.98 Å². The van der Waals surface area contributed by atoms with Crippen LogP contribution in [0.4, 0.5) is 0 Å². The third-order valence-corrected chi connectivity index (χ3v) is 4.19. The highest BCUT2D eigenvalue weighted by Crippen LogP contribution is 2.36. The van der Waals surface area contributed by atoms with Crippen LogP contribution in [0.1, 0.15) is 0 Å². The Balaban J connectivity index is 2.09. The van der Waals surface area contributed by atoms with E-state index in [1.807, 2.05) is 12.1 Å². The molecule has 3 heteroatoms. The van der Waals surface area contributed by atoms with Gasteiger partial charge in [-0.2, -0.15) is 0 Å². The molecule has 2 radical (unpaired) electrons. The molecule has 2 nitrogen and oxygen atoms in total. The zero-order valence-corrected chi connectivity index (χ0v) is 13.0. The fourth-order valence-corrected chi connectivity index (χ4v) is 3.13. The molecule has 1 heterocycles. The van der Waals surface area contributed by atoms with Crippen molar-refractivity contribution >= 4 is 38.3 Å². The number of hydrogen-bond donors (Lipinski definition) is 0. The molecule has 1 aromatic heterocycles. The lowest BCUT2D eigenvalue weighted by atomic mass is 9.95. The molecular formula is C19H12AlNO. The molecule has 0 atom stereocenters. The van der Waals surface area contributed by atoms with Crippen LogP contribution >= 0.6 is 0 Å². The first-order valence-corrected chi connectivity index (χ1v) is 7.58. The van der Waals surface area contributed by atoms with Crippen molar-refractivity contribution in [1.29, 1.82) is 0 Å². The van der Waals surface area contributed by atoms with Gasteiger partial charge < -0.3 is 3.79 Å². The molecule has 0 saturated heterocycles. The summed E-state index contributed by atoms with van der Waals surface area (Å²) >= 11 is 2.29. The molecule has 22 heavy (non-hydrogen) atoms. The second kappa shape index (κ2) is 5.46. The van der Waals surface area contributed by atoms with Crippen LogP contribution in [-0.4, -0.2) is 21.6 Å². The lowest BCUT2D eigenvalue weighted by molar-refractivity contribution is 0.622. The minimum absolute atomic E-state index is 0.768. The van der Waals surface area contributed by atoms with Gasteiger partial charge in [-0.05, 0) is 34.0 Å². The number of pyridine rings is 1. The second-order valence-electron chi connectivity index (χ2n) is 5.16. The normalized spacial score (nSPS) is 10.9. The van der Waals surface area contributed by atoms with Gasteiger partial charge in [-0.1, -0.05) is 54.6 Å². The molecule has 0 saturated carbocycles. The van der Waals surface area contributed by atoms with E-state index in [1.165, 1.54) is 21.9 Å². The molecule has 0 bridgehead atoms. The van der Waals surface area contributed by atoms with E-state index in [0.29, 0.717) is 0 Å². The molecule has 3 aromatic carbocycles. The number of aromatic nitrogens is 1. The van der Waals surface area contributed by atoms with Crippen molar-refractivity contribution in [3.63, 3.8) is 0 Å². The third-order valence-electron chi connectivity index (χ3n) is 3.94. The summed E-state index contributed by atoms with van der Waals surface area (Å²) < 4.78 is 5.36. The maximum atomic E-state index is 5.36. The van der Waals surface area contributed by atoms with Gasteiger partial charge in [-0.15, -0.1) is 0 Å². The lowest BCUT2D eigenvalue weighted by Crippen LogP contribution is -1.91. The summed E-state index contributed by atoms with van der Waals surface area (Å²) in [6, 6.07) is 23.0. The van der Waals surface area contributed by atoms with E-state index in [0.717, 1.165) is 16.7 Å². The summed E-state index contributed by atoms with van der Waals surface area (Å²) in [6.45, 7) is 0. The standard InChI is InChI=1S/C19H13NO.Al/c21-18-11-10-16(17-9-4-12-20-19(17)18)15-8-3-6-13-5-1-2-7-14(13)15;/h1-12,21H;/q;+1/p-1. The summed E-state index contributed by atoms with van der Waals surface area (Å²) in [5.41, 5.74) is 3.26. The van der Waals surface area contributed by atoms with Gasteiger partial charge in [-0.3, -0.25) is 4.98 Å². The molecule has 4 aromatic rings. The van der Waals surface area contributed by atoms with Gasteiger partial charge in [0.25, 0.3) is 0 Å². The molecule has 0 aliphatic heterocycles. The van der Waals surface area contributed by atoms with E-state index in [1.54, 1.807) is 6.20 Å². The van der Waals surface area contributed by atoms with Gasteiger partial charge in [0.1, 0.15) is 11.3 Å². The Morgan fingerprint density at radius 1 is 0.727 bits per heavy atom. The van der Waals surface area contributed by atoms with Gasteiger partial charge in [0.2, 0.25) is 0 Å². The van der Waals surface area contributed by atoms with E-state index >= 15 is 0 Å². The van der Waals surface area contributed by atoms with E-state index in [9.17, 15) is 0 Å². The van der Waals surface area contributed by atoms with Crippen molar-refractivity contribution < 1.29 is 3.79 Å². The van der Waals surface area contributed by atoms with Crippen molar-refractivity contribution in [3.8, 4) is 16.9 Å². The van der Waals surface area contributed by atoms with E-state index in [2.05, 4.69) is 76.2 Å². The maximum Gasteiger partial charge on any atom is 0.482 e. The van der Waals surface area contributed by atoms with Crippen LogP contribution in [0.2, 0.25) is 0 Å². The number of hydrogen-bond acceptors (Lipinski definition) is 2. The van der Waals surface area contributed by atoms with Crippen LogP contribution in [0, 0.1) is 0 Å². The Labute approximate surface area is 137 Å². The summed E-state index contributed by atoms with van der Waals surface area (Å²) in [7, 11) is 0. The average molecular weight is 297 g/mol. The SMILES string of the molecule is [Al][O]c1ccc(-c2cccc3ccccc23)c2cccnc12. The Morgan fingerprint density at radius 3 is 2.41 bits per heavy atom. The summed E-state index contributed by atoms with van der Waals surface area (Å²) in [5, 5.41) is 3.58. The molecule has 0 amide bonds. The van der Waals surface area contributed by atoms with Gasteiger partial charge in [0.05, 0.1) is 0 Å². The van der Waals surface area contributed by atoms with Crippen LogP contribution in [0.3, 0.4) is 0 Å². The average Bonchev–Trinajstić information content (AvgIpc) is 2.60. The Kier molecular flexibility index (Phi) is 3.31. The Hall–Kier alpha value is -2.34. The molecule has 0 spiro atoms. The minimum Gasteiger partial charge on any atom is -0.652 e. The first-order chi connectivity index (χ1) is 10.9.